The average molecular weight is 283 g/mol. The summed E-state index contributed by atoms with van der Waals surface area (Å²) in [5, 5.41) is 13.0. The lowest BCUT2D eigenvalue weighted by Gasteiger charge is -2.34. The van der Waals surface area contributed by atoms with Gasteiger partial charge in [0.2, 0.25) is 0 Å². The van der Waals surface area contributed by atoms with E-state index in [0.717, 1.165) is 58.4 Å². The highest BCUT2D eigenvalue weighted by Gasteiger charge is 2.40. The van der Waals surface area contributed by atoms with E-state index in [1.54, 1.807) is 0 Å². The van der Waals surface area contributed by atoms with Gasteiger partial charge in [-0.2, -0.15) is 0 Å². The molecule has 0 aromatic heterocycles. The number of rotatable bonds is 8. The van der Waals surface area contributed by atoms with Gasteiger partial charge < -0.3 is 14.9 Å². The molecule has 2 rings (SSSR count). The molecule has 1 aliphatic carbocycles. The summed E-state index contributed by atoms with van der Waals surface area (Å²) in [5.41, 5.74) is -0.701. The van der Waals surface area contributed by atoms with Crippen LogP contribution in [0.1, 0.15) is 39.0 Å². The SMILES string of the molecule is CCC(CCCN1CCN(C)CC1)(NC1CC1)C(=O)O. The van der Waals surface area contributed by atoms with Crippen LogP contribution in [0.3, 0.4) is 0 Å². The van der Waals surface area contributed by atoms with Crippen molar-refractivity contribution in [3.63, 3.8) is 0 Å². The second kappa shape index (κ2) is 6.87. The van der Waals surface area contributed by atoms with Crippen molar-refractivity contribution in [3.05, 3.63) is 0 Å². The minimum absolute atomic E-state index is 0.440. The Bertz CT molecular complexity index is 325. The first kappa shape index (κ1) is 15.7. The van der Waals surface area contributed by atoms with Crippen LogP contribution in [0.2, 0.25) is 0 Å². The Morgan fingerprint density at radius 1 is 1.30 bits per heavy atom. The zero-order chi connectivity index (χ0) is 14.6. The second-order valence-corrected chi connectivity index (χ2v) is 6.41. The molecule has 1 unspecified atom stereocenters. The smallest absolute Gasteiger partial charge is 0.323 e. The highest BCUT2D eigenvalue weighted by Crippen LogP contribution is 2.27. The predicted molar refractivity (Wildman–Crippen MR) is 80.0 cm³/mol. The third kappa shape index (κ3) is 4.17. The van der Waals surface area contributed by atoms with Crippen molar-refractivity contribution in [2.75, 3.05) is 39.8 Å². The number of nitrogens with one attached hydrogen (secondary N) is 1. The normalized spacial score (nSPS) is 24.5. The Morgan fingerprint density at radius 2 is 1.95 bits per heavy atom. The summed E-state index contributed by atoms with van der Waals surface area (Å²) in [5.74, 6) is -0.676. The number of hydrogen-bond donors (Lipinski definition) is 2. The van der Waals surface area contributed by atoms with E-state index in [2.05, 4.69) is 22.2 Å². The molecular formula is C15H29N3O2. The van der Waals surface area contributed by atoms with E-state index in [0.29, 0.717) is 12.5 Å². The lowest BCUT2D eigenvalue weighted by molar-refractivity contribution is -0.145. The van der Waals surface area contributed by atoms with Gasteiger partial charge in [0, 0.05) is 32.2 Å². The van der Waals surface area contributed by atoms with Gasteiger partial charge in [-0.1, -0.05) is 6.92 Å². The van der Waals surface area contributed by atoms with Crippen molar-refractivity contribution in [1.82, 2.24) is 15.1 Å². The molecule has 0 spiro atoms. The molecule has 0 aromatic carbocycles. The van der Waals surface area contributed by atoms with Crippen molar-refractivity contribution in [1.29, 1.82) is 0 Å². The van der Waals surface area contributed by atoms with Crippen molar-refractivity contribution in [2.24, 2.45) is 0 Å². The molecule has 1 heterocycles. The molecule has 1 atom stereocenters. The van der Waals surface area contributed by atoms with Gasteiger partial charge in [0.25, 0.3) is 0 Å². The minimum atomic E-state index is -0.701. The van der Waals surface area contributed by atoms with Crippen LogP contribution in [0.5, 0.6) is 0 Å². The van der Waals surface area contributed by atoms with Crippen molar-refractivity contribution >= 4 is 5.97 Å². The van der Waals surface area contributed by atoms with E-state index in [1.807, 2.05) is 6.92 Å². The van der Waals surface area contributed by atoms with E-state index >= 15 is 0 Å². The first-order valence-corrected chi connectivity index (χ1v) is 7.98. The molecule has 0 bridgehead atoms. The van der Waals surface area contributed by atoms with E-state index in [4.69, 9.17) is 0 Å². The molecule has 2 aliphatic rings. The quantitative estimate of drug-likeness (QED) is 0.696. The molecule has 5 heteroatoms. The topological polar surface area (TPSA) is 55.8 Å². The van der Waals surface area contributed by atoms with Gasteiger partial charge in [0.1, 0.15) is 5.54 Å². The van der Waals surface area contributed by atoms with Crippen LogP contribution >= 0.6 is 0 Å². The highest BCUT2D eigenvalue weighted by molar-refractivity contribution is 5.78. The average Bonchev–Trinajstić information content (AvgIpc) is 3.23. The summed E-state index contributed by atoms with van der Waals surface area (Å²) in [6.07, 6.45) is 4.63. The van der Waals surface area contributed by atoms with Gasteiger partial charge in [-0.05, 0) is 45.7 Å². The van der Waals surface area contributed by atoms with E-state index in [9.17, 15) is 9.90 Å². The van der Waals surface area contributed by atoms with E-state index in [-0.39, 0.29) is 0 Å². The highest BCUT2D eigenvalue weighted by atomic mass is 16.4. The van der Waals surface area contributed by atoms with Gasteiger partial charge in [0.05, 0.1) is 0 Å². The van der Waals surface area contributed by atoms with Crippen LogP contribution in [0.4, 0.5) is 0 Å². The summed E-state index contributed by atoms with van der Waals surface area (Å²) >= 11 is 0. The molecule has 0 aromatic rings. The standard InChI is InChI=1S/C15H29N3O2/c1-3-15(14(19)20,16-13-5-6-13)7-4-8-18-11-9-17(2)10-12-18/h13,16H,3-12H2,1-2H3,(H,19,20). The Morgan fingerprint density at radius 3 is 2.45 bits per heavy atom. The predicted octanol–water partition coefficient (Wildman–Crippen LogP) is 0.999. The Balaban J connectivity index is 1.77. The monoisotopic (exact) mass is 283 g/mol. The number of carboxylic acid groups (broad SMARTS) is 1. The number of nitrogens with zero attached hydrogens (tertiary/aromatic N) is 2. The van der Waals surface area contributed by atoms with Gasteiger partial charge in [0.15, 0.2) is 0 Å². The summed E-state index contributed by atoms with van der Waals surface area (Å²) in [4.78, 5) is 16.5. The van der Waals surface area contributed by atoms with Crippen LogP contribution in [0.15, 0.2) is 0 Å². The van der Waals surface area contributed by atoms with Crippen LogP contribution in [0.25, 0.3) is 0 Å². The molecule has 116 valence electrons. The van der Waals surface area contributed by atoms with Gasteiger partial charge in [-0.15, -0.1) is 0 Å². The summed E-state index contributed by atoms with van der Waals surface area (Å²) in [6.45, 7) is 7.47. The Hall–Kier alpha value is -0.650. The number of carbonyl (C=O) groups is 1. The molecule has 0 amide bonds. The molecular weight excluding hydrogens is 254 g/mol. The fourth-order valence-electron chi connectivity index (χ4n) is 2.97. The van der Waals surface area contributed by atoms with Gasteiger partial charge in [-0.3, -0.25) is 10.1 Å². The molecule has 20 heavy (non-hydrogen) atoms. The molecule has 1 saturated heterocycles. The Kier molecular flexibility index (Phi) is 5.41. The van der Waals surface area contributed by atoms with Crippen LogP contribution < -0.4 is 5.32 Å². The maximum atomic E-state index is 11.7. The van der Waals surface area contributed by atoms with Gasteiger partial charge >= 0.3 is 5.97 Å². The number of aliphatic carboxylic acids is 1. The number of piperazine rings is 1. The largest absolute Gasteiger partial charge is 0.480 e. The number of carboxylic acids is 1. The summed E-state index contributed by atoms with van der Waals surface area (Å²) in [7, 11) is 2.16. The third-order valence-corrected chi connectivity index (χ3v) is 4.74. The summed E-state index contributed by atoms with van der Waals surface area (Å²) < 4.78 is 0. The fourth-order valence-corrected chi connectivity index (χ4v) is 2.97. The molecule has 1 saturated carbocycles. The van der Waals surface area contributed by atoms with Crippen molar-refractivity contribution in [3.8, 4) is 0 Å². The molecule has 0 radical (unpaired) electrons. The lowest BCUT2D eigenvalue weighted by atomic mass is 9.90. The first-order chi connectivity index (χ1) is 9.55. The van der Waals surface area contributed by atoms with Crippen LogP contribution in [-0.4, -0.2) is 72.2 Å². The third-order valence-electron chi connectivity index (χ3n) is 4.74. The zero-order valence-electron chi connectivity index (χ0n) is 12.9. The zero-order valence-corrected chi connectivity index (χ0v) is 12.9. The van der Waals surface area contributed by atoms with E-state index < -0.39 is 11.5 Å². The summed E-state index contributed by atoms with van der Waals surface area (Å²) in [6, 6.07) is 0.440. The van der Waals surface area contributed by atoms with Crippen LogP contribution in [-0.2, 0) is 4.79 Å². The van der Waals surface area contributed by atoms with Gasteiger partial charge in [-0.25, -0.2) is 0 Å². The maximum Gasteiger partial charge on any atom is 0.323 e. The number of likely N-dealkylation sites (N-methyl/N-ethyl adjacent to an activating group) is 1. The second-order valence-electron chi connectivity index (χ2n) is 6.41. The molecule has 2 fully saturated rings. The van der Waals surface area contributed by atoms with E-state index in [1.165, 1.54) is 0 Å². The first-order valence-electron chi connectivity index (χ1n) is 7.98. The maximum absolute atomic E-state index is 11.7. The fraction of sp³-hybridized carbons (Fsp3) is 0.933. The molecule has 5 nitrogen and oxygen atoms in total. The Labute approximate surface area is 122 Å². The number of hydrogen-bond acceptors (Lipinski definition) is 4. The van der Waals surface area contributed by atoms with Crippen molar-refractivity contribution < 1.29 is 9.90 Å². The molecule has 2 N–H and O–H groups in total. The van der Waals surface area contributed by atoms with Crippen molar-refractivity contribution in [2.45, 2.75) is 50.6 Å². The van der Waals surface area contributed by atoms with Crippen LogP contribution in [0, 0.1) is 0 Å². The lowest BCUT2D eigenvalue weighted by Crippen LogP contribution is -2.53. The minimum Gasteiger partial charge on any atom is -0.480 e. The molecule has 1 aliphatic heterocycles.